The fourth-order valence-electron chi connectivity index (χ4n) is 4.07. The maximum atomic E-state index is 6.55. The normalized spacial score (nSPS) is 11.2. The van der Waals surface area contributed by atoms with E-state index in [0.29, 0.717) is 6.61 Å². The number of rotatable bonds is 7. The van der Waals surface area contributed by atoms with Crippen molar-refractivity contribution >= 4 is 0 Å². The molecule has 4 aromatic carbocycles. The summed E-state index contributed by atoms with van der Waals surface area (Å²) in [6.07, 6.45) is 0. The highest BCUT2D eigenvalue weighted by molar-refractivity contribution is 5.73. The Balaban J connectivity index is 1.85. The Morgan fingerprint density at radius 2 is 1.26 bits per heavy atom. The first-order valence-electron chi connectivity index (χ1n) is 10.6. The second-order valence-corrected chi connectivity index (χ2v) is 8.15. The molecule has 0 N–H and O–H groups in total. The summed E-state index contributed by atoms with van der Waals surface area (Å²) < 4.78 is 12.2. The van der Waals surface area contributed by atoms with Crippen LogP contribution in [0.5, 0.6) is 11.5 Å². The number of methoxy groups -OCH3 is 1. The lowest BCUT2D eigenvalue weighted by molar-refractivity contribution is 0.299. The maximum Gasteiger partial charge on any atom is 0.131 e. The van der Waals surface area contributed by atoms with Crippen molar-refractivity contribution in [2.75, 3.05) is 7.11 Å². The van der Waals surface area contributed by atoms with Gasteiger partial charge in [0, 0.05) is 22.1 Å². The van der Waals surface area contributed by atoms with E-state index in [2.05, 4.69) is 80.6 Å². The third-order valence-electron chi connectivity index (χ3n) is 5.78. The molecule has 0 aliphatic heterocycles. The van der Waals surface area contributed by atoms with Crippen LogP contribution in [0, 0.1) is 0 Å². The van der Waals surface area contributed by atoms with Crippen molar-refractivity contribution < 1.29 is 9.47 Å². The number of ether oxygens (including phenoxy) is 2. The largest absolute Gasteiger partial charge is 0.496 e. The predicted molar refractivity (Wildman–Crippen MR) is 128 cm³/mol. The summed E-state index contributed by atoms with van der Waals surface area (Å²) in [5, 5.41) is 0. The molecule has 4 rings (SSSR count). The Hall–Kier alpha value is -3.52. The molecule has 0 aliphatic carbocycles. The van der Waals surface area contributed by atoms with Crippen molar-refractivity contribution in [3.05, 3.63) is 120 Å². The van der Waals surface area contributed by atoms with Crippen molar-refractivity contribution in [3.63, 3.8) is 0 Å². The van der Waals surface area contributed by atoms with Crippen LogP contribution in [0.2, 0.25) is 0 Å². The van der Waals surface area contributed by atoms with E-state index < -0.39 is 0 Å². The van der Waals surface area contributed by atoms with Crippen molar-refractivity contribution in [1.29, 1.82) is 0 Å². The fraction of sp³-hybridized carbons (Fsp3) is 0.172. The lowest BCUT2D eigenvalue weighted by Crippen LogP contribution is -2.21. The molecule has 0 radical (unpaired) electrons. The van der Waals surface area contributed by atoms with Gasteiger partial charge in [0.15, 0.2) is 0 Å². The molecule has 4 aromatic rings. The van der Waals surface area contributed by atoms with Crippen LogP contribution >= 0.6 is 0 Å². The average molecular weight is 409 g/mol. The number of hydrogen-bond acceptors (Lipinski definition) is 2. The third kappa shape index (κ3) is 4.34. The van der Waals surface area contributed by atoms with Gasteiger partial charge in [-0.3, -0.25) is 0 Å². The zero-order valence-electron chi connectivity index (χ0n) is 18.3. The first kappa shape index (κ1) is 20.7. The zero-order chi connectivity index (χ0) is 21.7. The fourth-order valence-corrected chi connectivity index (χ4v) is 4.07. The molecule has 0 heterocycles. The van der Waals surface area contributed by atoms with Gasteiger partial charge in [0.2, 0.25) is 0 Å². The molecule has 156 valence electrons. The lowest BCUT2D eigenvalue weighted by atomic mass is 9.76. The number of para-hydroxylation sites is 2. The Morgan fingerprint density at radius 3 is 1.97 bits per heavy atom. The summed E-state index contributed by atoms with van der Waals surface area (Å²) >= 11 is 0. The summed E-state index contributed by atoms with van der Waals surface area (Å²) in [5.41, 5.74) is 5.33. The Labute approximate surface area is 185 Å². The SMILES string of the molecule is COc1ccccc1C(C)(C)c1cccc(-c2ccccc2)c1OCc1ccccc1. The second-order valence-electron chi connectivity index (χ2n) is 8.15. The molecule has 0 aromatic heterocycles. The number of hydrogen-bond donors (Lipinski definition) is 0. The molecule has 0 unspecified atom stereocenters. The van der Waals surface area contributed by atoms with Crippen molar-refractivity contribution in [1.82, 2.24) is 0 Å². The summed E-state index contributed by atoms with van der Waals surface area (Å²) in [5.74, 6) is 1.79. The van der Waals surface area contributed by atoms with Crippen LogP contribution in [0.3, 0.4) is 0 Å². The average Bonchev–Trinajstić information content (AvgIpc) is 2.83. The van der Waals surface area contributed by atoms with Gasteiger partial charge in [-0.2, -0.15) is 0 Å². The molecule has 0 saturated heterocycles. The van der Waals surface area contributed by atoms with E-state index in [1.165, 1.54) is 0 Å². The van der Waals surface area contributed by atoms with Crippen LogP contribution in [0.1, 0.15) is 30.5 Å². The summed E-state index contributed by atoms with van der Waals surface area (Å²) in [7, 11) is 1.72. The highest BCUT2D eigenvalue weighted by atomic mass is 16.5. The molecule has 0 bridgehead atoms. The van der Waals surface area contributed by atoms with Gasteiger partial charge in [0.1, 0.15) is 18.1 Å². The molecule has 31 heavy (non-hydrogen) atoms. The maximum absolute atomic E-state index is 6.55. The van der Waals surface area contributed by atoms with Crippen molar-refractivity contribution in [2.24, 2.45) is 0 Å². The molecular formula is C29H28O2. The van der Waals surface area contributed by atoms with E-state index >= 15 is 0 Å². The summed E-state index contributed by atoms with van der Waals surface area (Å²) in [4.78, 5) is 0. The van der Waals surface area contributed by atoms with Crippen molar-refractivity contribution in [3.8, 4) is 22.6 Å². The van der Waals surface area contributed by atoms with Crippen LogP contribution in [-0.2, 0) is 12.0 Å². The molecule has 0 fully saturated rings. The molecule has 0 spiro atoms. The molecule has 0 aliphatic rings. The monoisotopic (exact) mass is 408 g/mol. The van der Waals surface area contributed by atoms with E-state index in [9.17, 15) is 0 Å². The van der Waals surface area contributed by atoms with E-state index in [-0.39, 0.29) is 5.41 Å². The van der Waals surface area contributed by atoms with E-state index in [1.807, 2.05) is 36.4 Å². The minimum atomic E-state index is -0.316. The van der Waals surface area contributed by atoms with E-state index in [1.54, 1.807) is 7.11 Å². The molecule has 0 saturated carbocycles. The smallest absolute Gasteiger partial charge is 0.131 e. The van der Waals surface area contributed by atoms with Crippen molar-refractivity contribution in [2.45, 2.75) is 25.9 Å². The standard InChI is InChI=1S/C29H28O2/c1-29(2,25-18-10-11-20-27(25)30-3)26-19-12-17-24(23-15-8-5-9-16-23)28(26)31-21-22-13-6-4-7-14-22/h4-20H,21H2,1-3H3. The molecule has 0 amide bonds. The van der Waals surface area contributed by atoms with Gasteiger partial charge in [-0.25, -0.2) is 0 Å². The zero-order valence-corrected chi connectivity index (χ0v) is 18.3. The highest BCUT2D eigenvalue weighted by Gasteiger charge is 2.31. The minimum Gasteiger partial charge on any atom is -0.496 e. The predicted octanol–water partition coefficient (Wildman–Crippen LogP) is 7.27. The first-order valence-corrected chi connectivity index (χ1v) is 10.6. The van der Waals surface area contributed by atoms with Gasteiger partial charge in [-0.1, -0.05) is 111 Å². The van der Waals surface area contributed by atoms with Gasteiger partial charge in [-0.15, -0.1) is 0 Å². The van der Waals surface area contributed by atoms with Crippen LogP contribution in [0.25, 0.3) is 11.1 Å². The van der Waals surface area contributed by atoms with Crippen LogP contribution in [0.4, 0.5) is 0 Å². The van der Waals surface area contributed by atoms with Gasteiger partial charge < -0.3 is 9.47 Å². The van der Waals surface area contributed by atoms with E-state index in [4.69, 9.17) is 9.47 Å². The van der Waals surface area contributed by atoms with Gasteiger partial charge in [0.25, 0.3) is 0 Å². The van der Waals surface area contributed by atoms with Gasteiger partial charge in [0.05, 0.1) is 7.11 Å². The van der Waals surface area contributed by atoms with E-state index in [0.717, 1.165) is 39.3 Å². The Morgan fingerprint density at radius 1 is 0.645 bits per heavy atom. The first-order chi connectivity index (χ1) is 15.1. The Bertz CT molecular complexity index is 1130. The summed E-state index contributed by atoms with van der Waals surface area (Å²) in [6, 6.07) is 35.4. The van der Waals surface area contributed by atoms with Crippen LogP contribution in [0.15, 0.2) is 103 Å². The lowest BCUT2D eigenvalue weighted by Gasteiger charge is -2.31. The van der Waals surface area contributed by atoms with Crippen LogP contribution in [-0.4, -0.2) is 7.11 Å². The Kier molecular flexibility index (Phi) is 6.08. The van der Waals surface area contributed by atoms with Gasteiger partial charge in [-0.05, 0) is 17.2 Å². The third-order valence-corrected chi connectivity index (χ3v) is 5.78. The van der Waals surface area contributed by atoms with Crippen LogP contribution < -0.4 is 9.47 Å². The molecule has 2 nitrogen and oxygen atoms in total. The quantitative estimate of drug-likeness (QED) is 0.320. The molecule has 2 heteroatoms. The molecular weight excluding hydrogens is 380 g/mol. The number of benzene rings is 4. The minimum absolute atomic E-state index is 0.316. The topological polar surface area (TPSA) is 18.5 Å². The van der Waals surface area contributed by atoms with Gasteiger partial charge >= 0.3 is 0 Å². The highest BCUT2D eigenvalue weighted by Crippen LogP contribution is 2.45. The molecule has 0 atom stereocenters. The summed E-state index contributed by atoms with van der Waals surface area (Å²) in [6.45, 7) is 4.97. The second kappa shape index (κ2) is 9.09.